The fourth-order valence-electron chi connectivity index (χ4n) is 1.43. The predicted molar refractivity (Wildman–Crippen MR) is 62.8 cm³/mol. The van der Waals surface area contributed by atoms with E-state index in [0.717, 1.165) is 10.5 Å². The lowest BCUT2D eigenvalue weighted by Crippen LogP contribution is -2.25. The molecule has 0 saturated carbocycles. The first-order valence-corrected chi connectivity index (χ1v) is 5.63. The summed E-state index contributed by atoms with van der Waals surface area (Å²) >= 11 is 1.70. The number of para-hydroxylation sites is 1. The van der Waals surface area contributed by atoms with Crippen molar-refractivity contribution in [2.45, 2.75) is 19.3 Å². The van der Waals surface area contributed by atoms with Gasteiger partial charge in [-0.1, -0.05) is 26.0 Å². The van der Waals surface area contributed by atoms with Crippen molar-refractivity contribution >= 4 is 21.6 Å². The standard InChI is InChI=1S/C11H14N2OS/c1-11(2,7-14-12)10-13-8-5-3-4-6-9(8)15-10/h3-6H,7,12H2,1-2H3. The number of hydrogen-bond acceptors (Lipinski definition) is 4. The third kappa shape index (κ3) is 2.02. The van der Waals surface area contributed by atoms with Crippen LogP contribution in [0.15, 0.2) is 24.3 Å². The van der Waals surface area contributed by atoms with Crippen molar-refractivity contribution in [1.82, 2.24) is 4.98 Å². The fourth-order valence-corrected chi connectivity index (χ4v) is 2.48. The molecule has 2 N–H and O–H groups in total. The number of fused-ring (bicyclic) bond motifs is 1. The van der Waals surface area contributed by atoms with Gasteiger partial charge in [0.15, 0.2) is 0 Å². The largest absolute Gasteiger partial charge is 0.304 e. The van der Waals surface area contributed by atoms with Gasteiger partial charge in [-0.3, -0.25) is 0 Å². The number of nitrogens with two attached hydrogens (primary N) is 1. The first-order chi connectivity index (χ1) is 7.13. The maximum Gasteiger partial charge on any atom is 0.102 e. The Morgan fingerprint density at radius 3 is 2.80 bits per heavy atom. The van der Waals surface area contributed by atoms with Crippen LogP contribution in [0.5, 0.6) is 0 Å². The van der Waals surface area contributed by atoms with Crippen molar-refractivity contribution in [3.8, 4) is 0 Å². The molecule has 0 saturated heterocycles. The minimum absolute atomic E-state index is 0.127. The van der Waals surface area contributed by atoms with Crippen LogP contribution in [-0.2, 0) is 10.3 Å². The molecule has 15 heavy (non-hydrogen) atoms. The summed E-state index contributed by atoms with van der Waals surface area (Å²) in [6, 6.07) is 8.12. The molecule has 0 radical (unpaired) electrons. The van der Waals surface area contributed by atoms with Gasteiger partial charge in [0.2, 0.25) is 0 Å². The molecule has 0 amide bonds. The molecular formula is C11H14N2OS. The normalized spacial score (nSPS) is 12.2. The van der Waals surface area contributed by atoms with Crippen molar-refractivity contribution in [2.75, 3.05) is 6.61 Å². The second-order valence-corrected chi connectivity index (χ2v) is 5.21. The Hall–Kier alpha value is -0.970. The number of rotatable bonds is 3. The summed E-state index contributed by atoms with van der Waals surface area (Å²) in [5, 5.41) is 1.06. The number of thiazole rings is 1. The zero-order chi connectivity index (χ0) is 10.9. The molecule has 0 bridgehead atoms. The van der Waals surface area contributed by atoms with Crippen LogP contribution in [0.4, 0.5) is 0 Å². The van der Waals surface area contributed by atoms with Gasteiger partial charge in [-0.05, 0) is 12.1 Å². The molecule has 2 aromatic rings. The molecular weight excluding hydrogens is 208 g/mol. The van der Waals surface area contributed by atoms with Crippen LogP contribution in [-0.4, -0.2) is 11.6 Å². The molecule has 3 nitrogen and oxygen atoms in total. The van der Waals surface area contributed by atoms with E-state index in [1.165, 1.54) is 4.70 Å². The molecule has 0 atom stereocenters. The number of aromatic nitrogens is 1. The summed E-state index contributed by atoms with van der Waals surface area (Å²) < 4.78 is 1.21. The molecule has 2 rings (SSSR count). The third-order valence-corrected chi connectivity index (χ3v) is 3.72. The van der Waals surface area contributed by atoms with Gasteiger partial charge in [-0.15, -0.1) is 11.3 Å². The molecule has 0 aliphatic heterocycles. The Kier molecular flexibility index (Phi) is 2.73. The van der Waals surface area contributed by atoms with E-state index in [2.05, 4.69) is 24.9 Å². The summed E-state index contributed by atoms with van der Waals surface area (Å²) in [4.78, 5) is 9.31. The molecule has 0 aliphatic rings. The summed E-state index contributed by atoms with van der Waals surface area (Å²) in [5.74, 6) is 5.12. The summed E-state index contributed by atoms with van der Waals surface area (Å²) in [6.07, 6.45) is 0. The number of benzene rings is 1. The van der Waals surface area contributed by atoms with Crippen molar-refractivity contribution in [3.05, 3.63) is 29.3 Å². The molecule has 0 unspecified atom stereocenters. The lowest BCUT2D eigenvalue weighted by molar-refractivity contribution is 0.0964. The van der Waals surface area contributed by atoms with Crippen LogP contribution in [0, 0.1) is 0 Å². The summed E-state index contributed by atoms with van der Waals surface area (Å²) in [7, 11) is 0. The van der Waals surface area contributed by atoms with Crippen molar-refractivity contribution in [1.29, 1.82) is 0 Å². The minimum Gasteiger partial charge on any atom is -0.304 e. The highest BCUT2D eigenvalue weighted by molar-refractivity contribution is 7.18. The van der Waals surface area contributed by atoms with Gasteiger partial charge in [0.05, 0.1) is 16.8 Å². The van der Waals surface area contributed by atoms with Crippen molar-refractivity contribution in [2.24, 2.45) is 5.90 Å². The molecule has 80 valence electrons. The van der Waals surface area contributed by atoms with Gasteiger partial charge in [0, 0.05) is 5.41 Å². The van der Waals surface area contributed by atoms with E-state index in [9.17, 15) is 0 Å². The maximum atomic E-state index is 5.12. The number of nitrogens with zero attached hydrogens (tertiary/aromatic N) is 1. The van der Waals surface area contributed by atoms with Gasteiger partial charge in [0.25, 0.3) is 0 Å². The van der Waals surface area contributed by atoms with Gasteiger partial charge in [-0.25, -0.2) is 10.9 Å². The topological polar surface area (TPSA) is 48.1 Å². The second kappa shape index (κ2) is 3.89. The first-order valence-electron chi connectivity index (χ1n) is 4.81. The molecule has 0 fully saturated rings. The molecule has 4 heteroatoms. The van der Waals surface area contributed by atoms with Crippen LogP contribution >= 0.6 is 11.3 Å². The third-order valence-electron chi connectivity index (χ3n) is 2.32. The average molecular weight is 222 g/mol. The monoisotopic (exact) mass is 222 g/mol. The number of hydrogen-bond donors (Lipinski definition) is 1. The zero-order valence-corrected chi connectivity index (χ0v) is 9.67. The Labute approximate surface area is 92.8 Å². The smallest absolute Gasteiger partial charge is 0.102 e. The van der Waals surface area contributed by atoms with E-state index in [4.69, 9.17) is 10.7 Å². The molecule has 0 spiro atoms. The van der Waals surface area contributed by atoms with E-state index in [-0.39, 0.29) is 5.41 Å². The Bertz CT molecular complexity index is 431. The second-order valence-electron chi connectivity index (χ2n) is 4.18. The van der Waals surface area contributed by atoms with Crippen molar-refractivity contribution < 1.29 is 4.84 Å². The van der Waals surface area contributed by atoms with E-state index in [1.54, 1.807) is 11.3 Å². The van der Waals surface area contributed by atoms with Crippen LogP contribution in [0.2, 0.25) is 0 Å². The van der Waals surface area contributed by atoms with Crippen LogP contribution in [0.25, 0.3) is 10.2 Å². The van der Waals surface area contributed by atoms with Gasteiger partial charge in [0.1, 0.15) is 5.01 Å². The van der Waals surface area contributed by atoms with Crippen LogP contribution in [0.3, 0.4) is 0 Å². The zero-order valence-electron chi connectivity index (χ0n) is 8.86. The van der Waals surface area contributed by atoms with E-state index in [1.807, 2.05) is 18.2 Å². The first kappa shape index (κ1) is 10.5. The van der Waals surface area contributed by atoms with Gasteiger partial charge in [-0.2, -0.15) is 0 Å². The predicted octanol–water partition coefficient (Wildman–Crippen LogP) is 2.46. The highest BCUT2D eigenvalue weighted by Gasteiger charge is 2.24. The highest BCUT2D eigenvalue weighted by atomic mass is 32.1. The van der Waals surface area contributed by atoms with Crippen LogP contribution < -0.4 is 5.90 Å². The Balaban J connectivity index is 2.44. The fraction of sp³-hybridized carbons (Fsp3) is 0.364. The summed E-state index contributed by atoms with van der Waals surface area (Å²) in [5.41, 5.74) is 0.918. The SMILES string of the molecule is CC(C)(CON)c1nc2ccccc2s1. The maximum absolute atomic E-state index is 5.12. The van der Waals surface area contributed by atoms with Crippen LogP contribution in [0.1, 0.15) is 18.9 Å². The van der Waals surface area contributed by atoms with E-state index >= 15 is 0 Å². The van der Waals surface area contributed by atoms with E-state index in [0.29, 0.717) is 6.61 Å². The van der Waals surface area contributed by atoms with E-state index < -0.39 is 0 Å². The lowest BCUT2D eigenvalue weighted by Gasteiger charge is -2.19. The molecule has 1 aromatic carbocycles. The van der Waals surface area contributed by atoms with Gasteiger partial charge < -0.3 is 4.84 Å². The minimum atomic E-state index is -0.127. The molecule has 0 aliphatic carbocycles. The molecule has 1 heterocycles. The highest BCUT2D eigenvalue weighted by Crippen LogP contribution is 2.31. The average Bonchev–Trinajstić information content (AvgIpc) is 2.61. The lowest BCUT2D eigenvalue weighted by atomic mass is 9.96. The Morgan fingerprint density at radius 2 is 2.13 bits per heavy atom. The molecule has 1 aromatic heterocycles. The Morgan fingerprint density at radius 1 is 1.40 bits per heavy atom. The quantitative estimate of drug-likeness (QED) is 0.811. The van der Waals surface area contributed by atoms with Crippen molar-refractivity contribution in [3.63, 3.8) is 0 Å². The summed E-state index contributed by atoms with van der Waals surface area (Å²) in [6.45, 7) is 4.64. The van der Waals surface area contributed by atoms with Gasteiger partial charge >= 0.3 is 0 Å².